The highest BCUT2D eigenvalue weighted by atomic mass is 32.1. The molecule has 0 radical (unpaired) electrons. The van der Waals surface area contributed by atoms with Crippen LogP contribution in [-0.4, -0.2) is 30.0 Å². The number of amides is 1. The normalized spacial score (nSPS) is 27.1. The molecule has 1 amide bonds. The lowest BCUT2D eigenvalue weighted by Crippen LogP contribution is -2.43. The third kappa shape index (κ3) is 3.98. The van der Waals surface area contributed by atoms with Crippen LogP contribution < -0.4 is 10.2 Å². The number of carbonyl (C=O) groups excluding carboxylic acids is 1. The van der Waals surface area contributed by atoms with Gasteiger partial charge in [-0.3, -0.25) is 4.79 Å². The molecule has 1 N–H and O–H groups in total. The summed E-state index contributed by atoms with van der Waals surface area (Å²) in [5.74, 6) is 2.10. The van der Waals surface area contributed by atoms with Gasteiger partial charge >= 0.3 is 0 Å². The maximum absolute atomic E-state index is 12.8. The van der Waals surface area contributed by atoms with Gasteiger partial charge in [0.2, 0.25) is 0 Å². The molecule has 0 unspecified atom stereocenters. The molecule has 1 aliphatic carbocycles. The number of rotatable bonds is 3. The topological polar surface area (TPSA) is 45.2 Å². The Morgan fingerprint density at radius 2 is 1.93 bits per heavy atom. The summed E-state index contributed by atoms with van der Waals surface area (Å²) in [6, 6.07) is 6.25. The predicted molar refractivity (Wildman–Crippen MR) is 114 cm³/mol. The van der Waals surface area contributed by atoms with Crippen molar-refractivity contribution in [2.75, 3.05) is 18.0 Å². The van der Waals surface area contributed by atoms with E-state index in [0.29, 0.717) is 17.9 Å². The minimum absolute atomic E-state index is 0.0598. The Labute approximate surface area is 166 Å². The van der Waals surface area contributed by atoms with E-state index in [0.717, 1.165) is 46.3 Å². The van der Waals surface area contributed by atoms with E-state index in [4.69, 9.17) is 4.98 Å². The molecule has 1 saturated carbocycles. The van der Waals surface area contributed by atoms with Crippen molar-refractivity contribution < 1.29 is 4.79 Å². The van der Waals surface area contributed by atoms with Gasteiger partial charge < -0.3 is 10.2 Å². The number of carbonyl (C=O) groups is 1. The molecule has 2 heterocycles. The third-order valence-electron chi connectivity index (χ3n) is 6.72. The summed E-state index contributed by atoms with van der Waals surface area (Å²) in [5, 5.41) is 4.39. The molecule has 0 spiro atoms. The zero-order chi connectivity index (χ0) is 19.0. The average Bonchev–Trinajstić information content (AvgIpc) is 3.09. The molecule has 2 aliphatic rings. The van der Waals surface area contributed by atoms with Gasteiger partial charge in [-0.15, -0.1) is 0 Å². The first-order chi connectivity index (χ1) is 13.0. The molecule has 4 nitrogen and oxygen atoms in total. The van der Waals surface area contributed by atoms with Crippen LogP contribution in [0.5, 0.6) is 0 Å². The van der Waals surface area contributed by atoms with Gasteiger partial charge in [0.15, 0.2) is 5.13 Å². The van der Waals surface area contributed by atoms with Gasteiger partial charge in [0.1, 0.15) is 0 Å². The lowest BCUT2D eigenvalue weighted by Gasteiger charge is -2.34. The summed E-state index contributed by atoms with van der Waals surface area (Å²) in [5.41, 5.74) is 1.76. The first-order valence-corrected chi connectivity index (χ1v) is 11.3. The number of aromatic nitrogens is 1. The summed E-state index contributed by atoms with van der Waals surface area (Å²) in [6.07, 6.45) is 6.06. The highest BCUT2D eigenvalue weighted by Crippen LogP contribution is 2.33. The van der Waals surface area contributed by atoms with Crippen LogP contribution in [0.1, 0.15) is 63.2 Å². The van der Waals surface area contributed by atoms with Crippen molar-refractivity contribution in [1.82, 2.24) is 10.3 Å². The zero-order valence-electron chi connectivity index (χ0n) is 16.7. The molecule has 1 saturated heterocycles. The molecular formula is C22H31N3OS. The molecule has 27 heavy (non-hydrogen) atoms. The van der Waals surface area contributed by atoms with Crippen molar-refractivity contribution in [3.63, 3.8) is 0 Å². The number of hydrogen-bond acceptors (Lipinski definition) is 4. The third-order valence-corrected chi connectivity index (χ3v) is 7.80. The summed E-state index contributed by atoms with van der Waals surface area (Å²) in [6.45, 7) is 9.08. The molecule has 1 aliphatic heterocycles. The van der Waals surface area contributed by atoms with E-state index in [2.05, 4.69) is 31.0 Å². The van der Waals surface area contributed by atoms with Gasteiger partial charge in [-0.1, -0.05) is 44.9 Å². The second-order valence-electron chi connectivity index (χ2n) is 8.70. The number of fused-ring (bicyclic) bond motifs is 1. The van der Waals surface area contributed by atoms with Gasteiger partial charge in [0, 0.05) is 24.7 Å². The minimum Gasteiger partial charge on any atom is -0.349 e. The monoisotopic (exact) mass is 385 g/mol. The van der Waals surface area contributed by atoms with Gasteiger partial charge in [-0.25, -0.2) is 4.98 Å². The van der Waals surface area contributed by atoms with E-state index in [1.165, 1.54) is 25.7 Å². The second-order valence-corrected chi connectivity index (χ2v) is 9.70. The van der Waals surface area contributed by atoms with Crippen LogP contribution in [-0.2, 0) is 0 Å². The smallest absolute Gasteiger partial charge is 0.251 e. The van der Waals surface area contributed by atoms with Crippen LogP contribution in [0.4, 0.5) is 5.13 Å². The Bertz CT molecular complexity index is 809. The number of thiazole rings is 1. The number of benzene rings is 1. The molecule has 1 aromatic heterocycles. The molecule has 1 aromatic carbocycles. The van der Waals surface area contributed by atoms with Crippen molar-refractivity contribution in [3.05, 3.63) is 23.8 Å². The van der Waals surface area contributed by atoms with Gasteiger partial charge in [0.25, 0.3) is 5.91 Å². The molecule has 2 fully saturated rings. The molecular weight excluding hydrogens is 354 g/mol. The van der Waals surface area contributed by atoms with Crippen molar-refractivity contribution >= 4 is 32.6 Å². The van der Waals surface area contributed by atoms with Crippen molar-refractivity contribution in [3.8, 4) is 0 Å². The quantitative estimate of drug-likeness (QED) is 0.801. The Kier molecular flexibility index (Phi) is 5.40. The average molecular weight is 386 g/mol. The molecule has 5 heteroatoms. The predicted octanol–water partition coefficient (Wildman–Crippen LogP) is 5.09. The largest absolute Gasteiger partial charge is 0.349 e. The van der Waals surface area contributed by atoms with E-state index in [1.807, 2.05) is 18.2 Å². The molecule has 4 rings (SSSR count). The number of nitrogens with zero attached hydrogens (tertiary/aromatic N) is 2. The van der Waals surface area contributed by atoms with E-state index in [9.17, 15) is 4.79 Å². The van der Waals surface area contributed by atoms with E-state index < -0.39 is 0 Å². The first-order valence-electron chi connectivity index (χ1n) is 10.5. The number of anilines is 1. The Balaban J connectivity index is 1.48. The Hall–Kier alpha value is -1.62. The fraction of sp³-hybridized carbons (Fsp3) is 0.636. The number of nitrogens with one attached hydrogen (secondary N) is 1. The van der Waals surface area contributed by atoms with Gasteiger partial charge in [-0.2, -0.15) is 0 Å². The van der Waals surface area contributed by atoms with Crippen molar-refractivity contribution in [1.29, 1.82) is 0 Å². The minimum atomic E-state index is 0.0598. The van der Waals surface area contributed by atoms with Crippen LogP contribution in [0.2, 0.25) is 0 Å². The van der Waals surface area contributed by atoms with Gasteiger partial charge in [-0.05, 0) is 55.2 Å². The first kappa shape index (κ1) is 18.7. The van der Waals surface area contributed by atoms with Crippen LogP contribution in [0.15, 0.2) is 18.2 Å². The standard InChI is InChI=1S/C22H31N3OS/c1-14-9-11-25(12-10-14)22-24-19-8-7-17(13-20(19)27-22)21(26)23-18-6-4-5-15(2)16(18)3/h7-8,13-16,18H,4-6,9-12H2,1-3H3,(H,23,26)/t15-,16-,18-/m1/s1. The van der Waals surface area contributed by atoms with Gasteiger partial charge in [0.05, 0.1) is 10.2 Å². The fourth-order valence-corrected chi connectivity index (χ4v) is 5.48. The van der Waals surface area contributed by atoms with Crippen molar-refractivity contribution in [2.24, 2.45) is 17.8 Å². The summed E-state index contributed by atoms with van der Waals surface area (Å²) < 4.78 is 1.11. The second kappa shape index (κ2) is 7.78. The maximum Gasteiger partial charge on any atom is 0.251 e. The summed E-state index contributed by atoms with van der Waals surface area (Å²) in [7, 11) is 0. The summed E-state index contributed by atoms with van der Waals surface area (Å²) >= 11 is 1.72. The van der Waals surface area contributed by atoms with Crippen LogP contribution in [0.3, 0.4) is 0 Å². The highest BCUT2D eigenvalue weighted by molar-refractivity contribution is 7.22. The highest BCUT2D eigenvalue weighted by Gasteiger charge is 2.28. The van der Waals surface area contributed by atoms with E-state index >= 15 is 0 Å². The molecule has 3 atom stereocenters. The number of hydrogen-bond donors (Lipinski definition) is 1. The van der Waals surface area contributed by atoms with Crippen molar-refractivity contribution in [2.45, 2.75) is 58.9 Å². The van der Waals surface area contributed by atoms with E-state index in [-0.39, 0.29) is 5.91 Å². The molecule has 2 aromatic rings. The fourth-order valence-electron chi connectivity index (χ4n) is 4.43. The van der Waals surface area contributed by atoms with E-state index in [1.54, 1.807) is 11.3 Å². The lowest BCUT2D eigenvalue weighted by molar-refractivity contribution is 0.0891. The summed E-state index contributed by atoms with van der Waals surface area (Å²) in [4.78, 5) is 20.0. The SMILES string of the molecule is CC1CCN(c2nc3ccc(C(=O)N[C@@H]4CCC[C@@H](C)[C@H]4C)cc3s2)CC1. The Morgan fingerprint density at radius 1 is 1.15 bits per heavy atom. The van der Waals surface area contributed by atoms with Crippen LogP contribution in [0.25, 0.3) is 10.2 Å². The zero-order valence-corrected chi connectivity index (χ0v) is 17.5. The molecule has 146 valence electrons. The lowest BCUT2D eigenvalue weighted by atomic mass is 9.78. The molecule has 0 bridgehead atoms. The van der Waals surface area contributed by atoms with Crippen LogP contribution in [0, 0.1) is 17.8 Å². The van der Waals surface area contributed by atoms with Crippen LogP contribution >= 0.6 is 11.3 Å². The Morgan fingerprint density at radius 3 is 2.70 bits per heavy atom. The maximum atomic E-state index is 12.8. The number of piperidine rings is 1.